The zero-order valence-electron chi connectivity index (χ0n) is 14.9. The minimum absolute atomic E-state index is 0.520. The molecule has 0 aliphatic carbocycles. The molecule has 0 aliphatic rings. The molecule has 3 rings (SSSR count). The van der Waals surface area contributed by atoms with Gasteiger partial charge in [0.05, 0.1) is 0 Å². The van der Waals surface area contributed by atoms with Crippen LogP contribution >= 0.6 is 0 Å². The Hall–Kier alpha value is -2.94. The smallest absolute Gasteiger partial charge is 0.122 e. The van der Waals surface area contributed by atoms with Crippen molar-refractivity contribution >= 4 is 5.69 Å². The van der Waals surface area contributed by atoms with Crippen LogP contribution in [0.2, 0.25) is 0 Å². The number of rotatable bonds is 10. The van der Waals surface area contributed by atoms with Crippen LogP contribution in [0.4, 0.5) is 5.69 Å². The molecule has 3 aromatic carbocycles. The van der Waals surface area contributed by atoms with E-state index in [9.17, 15) is 0 Å². The van der Waals surface area contributed by atoms with Gasteiger partial charge in [0.2, 0.25) is 0 Å². The second-order valence-corrected chi connectivity index (χ2v) is 6.05. The Morgan fingerprint density at radius 3 is 2.08 bits per heavy atom. The van der Waals surface area contributed by atoms with Gasteiger partial charge in [-0.2, -0.15) is 0 Å². The van der Waals surface area contributed by atoms with E-state index in [1.54, 1.807) is 0 Å². The lowest BCUT2D eigenvalue weighted by molar-refractivity contribution is 0.217. The van der Waals surface area contributed by atoms with E-state index in [1.807, 2.05) is 48.5 Å². The molecule has 0 saturated heterocycles. The first kappa shape index (κ1) is 17.9. The predicted molar refractivity (Wildman–Crippen MR) is 107 cm³/mol. The van der Waals surface area contributed by atoms with Crippen molar-refractivity contribution in [2.75, 3.05) is 25.1 Å². The van der Waals surface area contributed by atoms with Gasteiger partial charge >= 0.3 is 0 Å². The van der Waals surface area contributed by atoms with Crippen molar-refractivity contribution in [3.05, 3.63) is 90.5 Å². The largest absolute Gasteiger partial charge is 0.490 e. The van der Waals surface area contributed by atoms with Gasteiger partial charge in [-0.3, -0.25) is 0 Å². The molecule has 0 heterocycles. The molecule has 26 heavy (non-hydrogen) atoms. The maximum atomic E-state index is 5.78. The maximum Gasteiger partial charge on any atom is 0.122 e. The van der Waals surface area contributed by atoms with Gasteiger partial charge in [-0.25, -0.2) is 0 Å². The van der Waals surface area contributed by atoms with Gasteiger partial charge in [0.15, 0.2) is 0 Å². The number of para-hydroxylation sites is 1. The van der Waals surface area contributed by atoms with Crippen LogP contribution in [-0.4, -0.2) is 19.8 Å². The quantitative estimate of drug-likeness (QED) is 0.512. The fourth-order valence-electron chi connectivity index (χ4n) is 2.70. The highest BCUT2D eigenvalue weighted by atomic mass is 16.5. The number of nitrogens with one attached hydrogen (secondary N) is 1. The first-order chi connectivity index (χ1) is 12.9. The van der Waals surface area contributed by atoms with Gasteiger partial charge in [-0.1, -0.05) is 54.6 Å². The second-order valence-electron chi connectivity index (χ2n) is 6.05. The monoisotopic (exact) mass is 347 g/mol. The molecule has 1 N–H and O–H groups in total. The third kappa shape index (κ3) is 6.17. The molecule has 0 atom stereocenters. The molecule has 3 aromatic rings. The molecular formula is C23H25NO2. The molecule has 0 unspecified atom stereocenters. The molecule has 0 saturated carbocycles. The number of aryl methyl sites for hydroxylation is 1. The van der Waals surface area contributed by atoms with E-state index in [2.05, 4.69) is 41.7 Å². The van der Waals surface area contributed by atoms with Crippen molar-refractivity contribution in [3.63, 3.8) is 0 Å². The van der Waals surface area contributed by atoms with E-state index in [4.69, 9.17) is 9.47 Å². The highest BCUT2D eigenvalue weighted by Gasteiger charge is 1.98. The summed E-state index contributed by atoms with van der Waals surface area (Å²) in [5.74, 6) is 1.72. The van der Waals surface area contributed by atoms with Gasteiger partial charge < -0.3 is 14.8 Å². The van der Waals surface area contributed by atoms with E-state index in [0.717, 1.165) is 36.6 Å². The summed E-state index contributed by atoms with van der Waals surface area (Å²) in [6, 6.07) is 28.4. The molecule has 0 spiro atoms. The fourth-order valence-corrected chi connectivity index (χ4v) is 2.70. The molecule has 134 valence electrons. The Morgan fingerprint density at radius 1 is 0.654 bits per heavy atom. The van der Waals surface area contributed by atoms with Crippen LogP contribution in [0.25, 0.3) is 0 Å². The Morgan fingerprint density at radius 2 is 1.31 bits per heavy atom. The lowest BCUT2D eigenvalue weighted by Gasteiger charge is -2.11. The SMILES string of the molecule is c1ccc(CCCNc2cccc(OCCOc3ccccc3)c2)cc1. The Balaban J connectivity index is 1.36. The van der Waals surface area contributed by atoms with Gasteiger partial charge in [0, 0.05) is 18.3 Å². The number of hydrogen-bond donors (Lipinski definition) is 1. The van der Waals surface area contributed by atoms with Crippen molar-refractivity contribution in [1.29, 1.82) is 0 Å². The zero-order chi connectivity index (χ0) is 17.9. The van der Waals surface area contributed by atoms with E-state index in [0.29, 0.717) is 13.2 Å². The zero-order valence-corrected chi connectivity index (χ0v) is 14.9. The van der Waals surface area contributed by atoms with Crippen LogP contribution < -0.4 is 14.8 Å². The summed E-state index contributed by atoms with van der Waals surface area (Å²) in [4.78, 5) is 0. The first-order valence-corrected chi connectivity index (χ1v) is 9.09. The van der Waals surface area contributed by atoms with E-state index >= 15 is 0 Å². The van der Waals surface area contributed by atoms with Crippen LogP contribution in [0, 0.1) is 0 Å². The lowest BCUT2D eigenvalue weighted by atomic mass is 10.1. The average Bonchev–Trinajstić information content (AvgIpc) is 2.71. The van der Waals surface area contributed by atoms with Crippen molar-refractivity contribution in [2.45, 2.75) is 12.8 Å². The molecular weight excluding hydrogens is 322 g/mol. The summed E-state index contributed by atoms with van der Waals surface area (Å²) in [5, 5.41) is 3.46. The van der Waals surface area contributed by atoms with Crippen LogP contribution in [0.3, 0.4) is 0 Å². The van der Waals surface area contributed by atoms with E-state index in [1.165, 1.54) is 5.56 Å². The van der Waals surface area contributed by atoms with Crippen LogP contribution in [-0.2, 0) is 6.42 Å². The van der Waals surface area contributed by atoms with Gasteiger partial charge in [-0.05, 0) is 42.7 Å². The predicted octanol–water partition coefficient (Wildman–Crippen LogP) is 5.19. The van der Waals surface area contributed by atoms with Crippen molar-refractivity contribution in [1.82, 2.24) is 0 Å². The minimum atomic E-state index is 0.520. The molecule has 3 heteroatoms. The molecule has 0 amide bonds. The summed E-state index contributed by atoms with van der Waals surface area (Å²) in [6.45, 7) is 1.99. The standard InChI is InChI=1S/C23H25NO2/c1-3-9-20(10-4-1)11-8-16-24-21-12-7-15-23(19-21)26-18-17-25-22-13-5-2-6-14-22/h1-7,9-10,12-15,19,24H,8,11,16-18H2. The molecule has 0 bridgehead atoms. The Kier molecular flexibility index (Phi) is 6.97. The molecule has 0 aromatic heterocycles. The van der Waals surface area contributed by atoms with Crippen LogP contribution in [0.1, 0.15) is 12.0 Å². The fraction of sp³-hybridized carbons (Fsp3) is 0.217. The first-order valence-electron chi connectivity index (χ1n) is 9.09. The molecule has 0 aliphatic heterocycles. The van der Waals surface area contributed by atoms with Crippen molar-refractivity contribution in [2.24, 2.45) is 0 Å². The average molecular weight is 347 g/mol. The number of ether oxygens (including phenoxy) is 2. The molecule has 0 radical (unpaired) electrons. The van der Waals surface area contributed by atoms with E-state index < -0.39 is 0 Å². The highest BCUT2D eigenvalue weighted by molar-refractivity contribution is 5.48. The number of anilines is 1. The van der Waals surface area contributed by atoms with Crippen molar-refractivity contribution in [3.8, 4) is 11.5 Å². The van der Waals surface area contributed by atoms with Crippen LogP contribution in [0.5, 0.6) is 11.5 Å². The summed E-state index contributed by atoms with van der Waals surface area (Å²) in [6.07, 6.45) is 2.18. The third-order valence-corrected chi connectivity index (χ3v) is 4.01. The summed E-state index contributed by atoms with van der Waals surface area (Å²) in [5.41, 5.74) is 2.46. The third-order valence-electron chi connectivity index (χ3n) is 4.01. The van der Waals surface area contributed by atoms with Gasteiger partial charge in [0.1, 0.15) is 24.7 Å². The molecule has 3 nitrogen and oxygen atoms in total. The Labute approximate surface area is 155 Å². The normalized spacial score (nSPS) is 10.3. The minimum Gasteiger partial charge on any atom is -0.490 e. The van der Waals surface area contributed by atoms with Gasteiger partial charge in [-0.15, -0.1) is 0 Å². The lowest BCUT2D eigenvalue weighted by Crippen LogP contribution is -2.09. The number of hydrogen-bond acceptors (Lipinski definition) is 3. The highest BCUT2D eigenvalue weighted by Crippen LogP contribution is 2.17. The maximum absolute atomic E-state index is 5.78. The van der Waals surface area contributed by atoms with E-state index in [-0.39, 0.29) is 0 Å². The summed E-state index contributed by atoms with van der Waals surface area (Å²) in [7, 11) is 0. The van der Waals surface area contributed by atoms with Gasteiger partial charge in [0.25, 0.3) is 0 Å². The molecule has 0 fully saturated rings. The van der Waals surface area contributed by atoms with Crippen molar-refractivity contribution < 1.29 is 9.47 Å². The Bertz CT molecular complexity index is 697. The summed E-state index contributed by atoms with van der Waals surface area (Å²) < 4.78 is 11.4. The van der Waals surface area contributed by atoms with Crippen LogP contribution in [0.15, 0.2) is 84.9 Å². The summed E-state index contributed by atoms with van der Waals surface area (Å²) >= 11 is 0. The number of benzene rings is 3. The second kappa shape index (κ2) is 10.1. The topological polar surface area (TPSA) is 30.5 Å².